The van der Waals surface area contributed by atoms with Gasteiger partial charge >= 0.3 is 15.3 Å². The van der Waals surface area contributed by atoms with Gasteiger partial charge in [0.05, 0.1) is 0 Å². The molecule has 0 fully saturated rings. The number of H-pyrrole nitrogens is 1. The molecule has 0 aromatic carbocycles. The summed E-state index contributed by atoms with van der Waals surface area (Å²) >= 11 is 0. The van der Waals surface area contributed by atoms with Gasteiger partial charge in [-0.3, -0.25) is 0 Å². The van der Waals surface area contributed by atoms with Crippen LogP contribution in [0.1, 0.15) is 0 Å². The number of nitrogens with one attached hydrogen (secondary N) is 1. The molecule has 0 radical (unpaired) electrons. The van der Waals surface area contributed by atoms with Crippen molar-refractivity contribution in [3.8, 4) is 0 Å². The standard InChI is InChI=1S/C3H2F3N3O2S/c4-3(5,6)12(10,11)2-7-1-8-9-2/h1H,(H,7,8,9). The highest BCUT2D eigenvalue weighted by molar-refractivity contribution is 7.92. The first kappa shape index (κ1) is 8.97. The lowest BCUT2D eigenvalue weighted by molar-refractivity contribution is -0.0440. The van der Waals surface area contributed by atoms with Gasteiger partial charge in [0, 0.05) is 0 Å². The number of rotatable bonds is 1. The molecule has 0 unspecified atom stereocenters. The van der Waals surface area contributed by atoms with Crippen LogP contribution in [-0.4, -0.2) is 29.1 Å². The second-order valence-electron chi connectivity index (χ2n) is 1.74. The number of aromatic nitrogens is 3. The summed E-state index contributed by atoms with van der Waals surface area (Å²) < 4.78 is 56.1. The molecule has 0 aliphatic carbocycles. The van der Waals surface area contributed by atoms with Crippen LogP contribution >= 0.6 is 0 Å². The third-order valence-corrected chi connectivity index (χ3v) is 2.27. The fourth-order valence-electron chi connectivity index (χ4n) is 0.433. The fraction of sp³-hybridized carbons (Fsp3) is 0.333. The van der Waals surface area contributed by atoms with Crippen LogP contribution in [0.25, 0.3) is 0 Å². The third-order valence-electron chi connectivity index (χ3n) is 0.952. The largest absolute Gasteiger partial charge is 0.504 e. The van der Waals surface area contributed by atoms with E-state index in [1.165, 1.54) is 0 Å². The van der Waals surface area contributed by atoms with Gasteiger partial charge in [0.25, 0.3) is 5.16 Å². The van der Waals surface area contributed by atoms with Crippen LogP contribution in [0.3, 0.4) is 0 Å². The molecule has 68 valence electrons. The van der Waals surface area contributed by atoms with Crippen molar-refractivity contribution in [1.29, 1.82) is 0 Å². The van der Waals surface area contributed by atoms with E-state index in [-0.39, 0.29) is 0 Å². The van der Waals surface area contributed by atoms with Gasteiger partial charge in [0.1, 0.15) is 6.33 Å². The number of alkyl halides is 3. The van der Waals surface area contributed by atoms with Gasteiger partial charge in [-0.2, -0.15) is 18.3 Å². The van der Waals surface area contributed by atoms with Crippen LogP contribution in [0.2, 0.25) is 0 Å². The van der Waals surface area contributed by atoms with E-state index in [1.54, 1.807) is 5.10 Å². The van der Waals surface area contributed by atoms with E-state index in [1.807, 2.05) is 0 Å². The minimum atomic E-state index is -5.36. The van der Waals surface area contributed by atoms with Gasteiger partial charge in [-0.1, -0.05) is 0 Å². The van der Waals surface area contributed by atoms with E-state index in [0.717, 1.165) is 0 Å². The average molecular weight is 201 g/mol. The molecule has 5 nitrogen and oxygen atoms in total. The molecule has 1 N–H and O–H groups in total. The van der Waals surface area contributed by atoms with Crippen molar-refractivity contribution in [2.45, 2.75) is 10.7 Å². The molecule has 1 heterocycles. The van der Waals surface area contributed by atoms with Crippen LogP contribution in [0, 0.1) is 0 Å². The second kappa shape index (κ2) is 2.44. The normalized spacial score (nSPS) is 13.2. The Morgan fingerprint density at radius 1 is 1.42 bits per heavy atom. The summed E-state index contributed by atoms with van der Waals surface area (Å²) in [6.45, 7) is 0. The third kappa shape index (κ3) is 1.26. The Balaban J connectivity index is 3.22. The van der Waals surface area contributed by atoms with E-state index in [4.69, 9.17) is 0 Å². The Labute approximate surface area is 64.5 Å². The highest BCUT2D eigenvalue weighted by atomic mass is 32.2. The number of hydrogen-bond acceptors (Lipinski definition) is 4. The maximum Gasteiger partial charge on any atom is 0.504 e. The van der Waals surface area contributed by atoms with E-state index >= 15 is 0 Å². The van der Waals surface area contributed by atoms with Crippen molar-refractivity contribution in [1.82, 2.24) is 15.2 Å². The first-order chi connectivity index (χ1) is 5.36. The van der Waals surface area contributed by atoms with Crippen molar-refractivity contribution in [2.75, 3.05) is 0 Å². The van der Waals surface area contributed by atoms with Crippen LogP contribution in [0.15, 0.2) is 11.5 Å². The second-order valence-corrected chi connectivity index (χ2v) is 3.60. The fourth-order valence-corrected chi connectivity index (χ4v) is 1.01. The predicted molar refractivity (Wildman–Crippen MR) is 29.6 cm³/mol. The van der Waals surface area contributed by atoms with Crippen molar-refractivity contribution in [2.24, 2.45) is 0 Å². The topological polar surface area (TPSA) is 75.7 Å². The lowest BCUT2D eigenvalue weighted by Crippen LogP contribution is -2.24. The molecule has 1 aromatic rings. The summed E-state index contributed by atoms with van der Waals surface area (Å²) in [4.78, 5) is 2.88. The smallest absolute Gasteiger partial charge is 0.250 e. The van der Waals surface area contributed by atoms with Crippen LogP contribution < -0.4 is 0 Å². The zero-order valence-corrected chi connectivity index (χ0v) is 6.15. The van der Waals surface area contributed by atoms with E-state index in [2.05, 4.69) is 10.1 Å². The number of aromatic amines is 1. The molecule has 1 rings (SSSR count). The highest BCUT2D eigenvalue weighted by Gasteiger charge is 2.49. The molecule has 0 saturated carbocycles. The van der Waals surface area contributed by atoms with Gasteiger partial charge in [0.2, 0.25) is 0 Å². The Morgan fingerprint density at radius 2 is 2.00 bits per heavy atom. The zero-order chi connectivity index (χ0) is 9.41. The van der Waals surface area contributed by atoms with Crippen molar-refractivity contribution >= 4 is 9.84 Å². The summed E-state index contributed by atoms with van der Waals surface area (Å²) in [6.07, 6.45) is 0.679. The van der Waals surface area contributed by atoms with Gasteiger partial charge in [-0.25, -0.2) is 18.5 Å². The highest BCUT2D eigenvalue weighted by Crippen LogP contribution is 2.27. The summed E-state index contributed by atoms with van der Waals surface area (Å²) in [6, 6.07) is 0. The van der Waals surface area contributed by atoms with Gasteiger partial charge in [-0.15, -0.1) is 0 Å². The Hall–Kier alpha value is -1.12. The molecule has 1 aromatic heterocycles. The molecule has 0 bridgehead atoms. The maximum atomic E-state index is 11.7. The minimum Gasteiger partial charge on any atom is -0.250 e. The van der Waals surface area contributed by atoms with Crippen LogP contribution in [-0.2, 0) is 9.84 Å². The Morgan fingerprint density at radius 3 is 2.33 bits per heavy atom. The van der Waals surface area contributed by atoms with Crippen molar-refractivity contribution in [3.05, 3.63) is 6.33 Å². The van der Waals surface area contributed by atoms with Crippen molar-refractivity contribution in [3.63, 3.8) is 0 Å². The lowest BCUT2D eigenvalue weighted by Gasteiger charge is -2.02. The van der Waals surface area contributed by atoms with E-state index in [9.17, 15) is 21.6 Å². The molecule has 9 heteroatoms. The summed E-state index contributed by atoms with van der Waals surface area (Å²) in [7, 11) is -5.36. The monoisotopic (exact) mass is 201 g/mol. The molecule has 0 spiro atoms. The number of sulfone groups is 1. The maximum absolute atomic E-state index is 11.7. The summed E-state index contributed by atoms with van der Waals surface area (Å²) in [5, 5.41) is 3.40. The van der Waals surface area contributed by atoms with E-state index in [0.29, 0.717) is 6.33 Å². The molecular formula is C3H2F3N3O2S. The predicted octanol–water partition coefficient (Wildman–Crippen LogP) is 0.0982. The van der Waals surface area contributed by atoms with Crippen LogP contribution in [0.5, 0.6) is 0 Å². The first-order valence-corrected chi connectivity index (χ1v) is 4.01. The number of nitrogens with zero attached hydrogens (tertiary/aromatic N) is 2. The molecular weight excluding hydrogens is 199 g/mol. The number of halogens is 3. The summed E-state index contributed by atoms with van der Waals surface area (Å²) in [5.74, 6) is 0. The number of hydrogen-bond donors (Lipinski definition) is 1. The quantitative estimate of drug-likeness (QED) is 0.699. The summed E-state index contributed by atoms with van der Waals surface area (Å²) in [5.41, 5.74) is -5.34. The molecule has 0 aliphatic rings. The van der Waals surface area contributed by atoms with Gasteiger partial charge in [0.15, 0.2) is 0 Å². The molecule has 0 saturated heterocycles. The van der Waals surface area contributed by atoms with Crippen molar-refractivity contribution < 1.29 is 21.6 Å². The SMILES string of the molecule is O=S(=O)(c1ncn[nH]1)C(F)(F)F. The minimum absolute atomic E-state index is 0.679. The zero-order valence-electron chi connectivity index (χ0n) is 5.33. The van der Waals surface area contributed by atoms with Gasteiger partial charge < -0.3 is 0 Å². The first-order valence-electron chi connectivity index (χ1n) is 2.52. The van der Waals surface area contributed by atoms with Crippen LogP contribution in [0.4, 0.5) is 13.2 Å². The van der Waals surface area contributed by atoms with E-state index < -0.39 is 20.5 Å². The van der Waals surface area contributed by atoms with Gasteiger partial charge in [-0.05, 0) is 0 Å². The molecule has 0 amide bonds. The average Bonchev–Trinajstić information content (AvgIpc) is 2.34. The molecule has 0 atom stereocenters. The molecule has 12 heavy (non-hydrogen) atoms. The molecule has 0 aliphatic heterocycles. The Kier molecular flexibility index (Phi) is 1.82. The Bertz CT molecular complexity index is 353. The lowest BCUT2D eigenvalue weighted by atomic mass is 11.3.